The summed E-state index contributed by atoms with van der Waals surface area (Å²) in [7, 11) is -3.96. The first-order valence-corrected chi connectivity index (χ1v) is 11.3. The van der Waals surface area contributed by atoms with E-state index in [2.05, 4.69) is 25.1 Å². The lowest BCUT2D eigenvalue weighted by molar-refractivity contribution is -0.249. The summed E-state index contributed by atoms with van der Waals surface area (Å²) < 4.78 is 45.3. The first-order chi connectivity index (χ1) is 13.9. The van der Waals surface area contributed by atoms with E-state index in [0.29, 0.717) is 0 Å². The minimum absolute atomic E-state index is 0.119. The van der Waals surface area contributed by atoms with E-state index in [-0.39, 0.29) is 31.1 Å². The third-order valence-electron chi connectivity index (χ3n) is 4.32. The monoisotopic (exact) mass is 444 g/mol. The van der Waals surface area contributed by atoms with Crippen LogP contribution >= 0.6 is 0 Å². The van der Waals surface area contributed by atoms with Crippen LogP contribution in [0.15, 0.2) is 17.4 Å². The molecule has 1 aromatic heterocycles. The van der Waals surface area contributed by atoms with Crippen molar-refractivity contribution in [1.82, 2.24) is 20.1 Å². The highest BCUT2D eigenvalue weighted by molar-refractivity contribution is 7.90. The van der Waals surface area contributed by atoms with Gasteiger partial charge in [0, 0.05) is 12.4 Å². The molecule has 0 bridgehead atoms. The lowest BCUT2D eigenvalue weighted by atomic mass is 10.2. The van der Waals surface area contributed by atoms with Gasteiger partial charge in [-0.2, -0.15) is 0 Å². The van der Waals surface area contributed by atoms with E-state index in [1.165, 1.54) is 6.92 Å². The van der Waals surface area contributed by atoms with Crippen LogP contribution in [0.1, 0.15) is 52.1 Å². The summed E-state index contributed by atoms with van der Waals surface area (Å²) >= 11 is 0. The van der Waals surface area contributed by atoms with Crippen molar-refractivity contribution in [1.29, 1.82) is 0 Å². The Bertz CT molecular complexity index is 818. The molecule has 2 heterocycles. The quantitative estimate of drug-likeness (QED) is 0.237. The van der Waals surface area contributed by atoms with E-state index in [0.717, 1.165) is 5.56 Å². The Labute approximate surface area is 177 Å². The van der Waals surface area contributed by atoms with E-state index in [4.69, 9.17) is 20.1 Å². The number of nitrogens with one attached hydrogen (secondary N) is 2. The van der Waals surface area contributed by atoms with Crippen LogP contribution in [0.4, 0.5) is 0 Å². The van der Waals surface area contributed by atoms with Crippen LogP contribution in [0.2, 0.25) is 0 Å². The summed E-state index contributed by atoms with van der Waals surface area (Å²) in [5.74, 6) is 4.95. The van der Waals surface area contributed by atoms with Crippen molar-refractivity contribution in [3.8, 4) is 0 Å². The number of hydrogen-bond acceptors (Lipinski definition) is 9. The van der Waals surface area contributed by atoms with Crippen molar-refractivity contribution in [3.63, 3.8) is 0 Å². The second-order valence-electron chi connectivity index (χ2n) is 7.87. The van der Waals surface area contributed by atoms with Crippen molar-refractivity contribution in [2.24, 2.45) is 10.8 Å². The third kappa shape index (κ3) is 6.84. The number of rotatable bonds is 7. The molecule has 1 aliphatic rings. The summed E-state index contributed by atoms with van der Waals surface area (Å²) in [5, 5.41) is -1.03. The van der Waals surface area contributed by atoms with Crippen molar-refractivity contribution < 1.29 is 22.6 Å². The Morgan fingerprint density at radius 3 is 2.33 bits per heavy atom. The van der Waals surface area contributed by atoms with Gasteiger partial charge in [0.2, 0.25) is 16.0 Å². The number of sulfonamides is 1. The number of ether oxygens (including phenoxy) is 3. The smallest absolute Gasteiger partial charge is 0.240 e. The maximum Gasteiger partial charge on any atom is 0.240 e. The van der Waals surface area contributed by atoms with Crippen LogP contribution in [0.3, 0.4) is 0 Å². The van der Waals surface area contributed by atoms with Crippen molar-refractivity contribution in [2.75, 3.05) is 13.2 Å². The number of aliphatic imine (C=N–C) groups is 1. The predicted molar refractivity (Wildman–Crippen MR) is 112 cm³/mol. The normalized spacial score (nSPS) is 20.1. The van der Waals surface area contributed by atoms with E-state index in [1.807, 2.05) is 20.8 Å². The van der Waals surface area contributed by atoms with E-state index in [1.54, 1.807) is 26.2 Å². The van der Waals surface area contributed by atoms with E-state index < -0.39 is 33.2 Å². The van der Waals surface area contributed by atoms with Crippen molar-refractivity contribution >= 4 is 16.0 Å². The fourth-order valence-electron chi connectivity index (χ4n) is 2.65. The molecule has 1 aromatic rings. The number of guanidine groups is 1. The molecule has 11 nitrogen and oxygen atoms in total. The summed E-state index contributed by atoms with van der Waals surface area (Å²) in [6.45, 7) is 11.1. The van der Waals surface area contributed by atoms with Crippen LogP contribution in [-0.2, 0) is 24.2 Å². The van der Waals surface area contributed by atoms with Gasteiger partial charge in [-0.15, -0.1) is 0 Å². The molecule has 0 aromatic carbocycles. The average molecular weight is 445 g/mol. The van der Waals surface area contributed by atoms with Gasteiger partial charge >= 0.3 is 0 Å². The number of aryl methyl sites for hydroxylation is 1. The molecule has 1 fully saturated rings. The first-order valence-electron chi connectivity index (χ1n) is 9.71. The lowest BCUT2D eigenvalue weighted by Gasteiger charge is -2.33. The second kappa shape index (κ2) is 9.96. The van der Waals surface area contributed by atoms with Crippen LogP contribution in [0.25, 0.3) is 0 Å². The highest BCUT2D eigenvalue weighted by atomic mass is 32.2. The minimum atomic E-state index is -3.96. The molecule has 0 aliphatic carbocycles. The molecule has 1 aliphatic heterocycles. The van der Waals surface area contributed by atoms with Gasteiger partial charge in [-0.25, -0.2) is 29.2 Å². The molecule has 2 unspecified atom stereocenters. The van der Waals surface area contributed by atoms with Gasteiger partial charge in [-0.1, -0.05) is 0 Å². The predicted octanol–water partition coefficient (Wildman–Crippen LogP) is 0.530. The van der Waals surface area contributed by atoms with Gasteiger partial charge in [0.15, 0.2) is 11.6 Å². The molecule has 0 saturated carbocycles. The van der Waals surface area contributed by atoms with Crippen LogP contribution in [0, 0.1) is 6.92 Å². The topological polar surface area (TPSA) is 150 Å². The Morgan fingerprint density at radius 2 is 1.83 bits per heavy atom. The molecule has 30 heavy (non-hydrogen) atoms. The molecule has 2 rings (SSSR count). The molecule has 0 spiro atoms. The van der Waals surface area contributed by atoms with Gasteiger partial charge in [-0.05, 0) is 47.1 Å². The molecule has 1 saturated heterocycles. The summed E-state index contributed by atoms with van der Waals surface area (Å²) in [6.07, 6.45) is 2.11. The zero-order valence-corrected chi connectivity index (χ0v) is 19.1. The van der Waals surface area contributed by atoms with Crippen molar-refractivity contribution in [2.45, 2.75) is 70.8 Å². The summed E-state index contributed by atoms with van der Waals surface area (Å²) in [4.78, 5) is 12.7. The van der Waals surface area contributed by atoms with Gasteiger partial charge in [0.05, 0.1) is 19.3 Å². The average Bonchev–Trinajstić information content (AvgIpc) is 2.67. The molecule has 170 valence electrons. The number of nitrogens with two attached hydrogens (primary N) is 1. The van der Waals surface area contributed by atoms with E-state index in [9.17, 15) is 8.42 Å². The van der Waals surface area contributed by atoms with Crippen molar-refractivity contribution in [3.05, 3.63) is 23.8 Å². The third-order valence-corrected chi connectivity index (χ3v) is 6.03. The van der Waals surface area contributed by atoms with E-state index >= 15 is 0 Å². The Morgan fingerprint density at radius 1 is 1.27 bits per heavy atom. The molecule has 0 radical (unpaired) electrons. The maximum absolute atomic E-state index is 13.0. The first kappa shape index (κ1) is 24.4. The Kier molecular flexibility index (Phi) is 8.11. The fourth-order valence-corrected chi connectivity index (χ4v) is 3.73. The zero-order valence-electron chi connectivity index (χ0n) is 18.2. The molecule has 0 amide bonds. The molecular formula is C18H32N6O5S. The number of nitrogens with zero attached hydrogens (tertiary/aromatic N) is 3. The number of hydrogen-bond donors (Lipinski definition) is 3. The van der Waals surface area contributed by atoms with Gasteiger partial charge in [0.1, 0.15) is 17.4 Å². The van der Waals surface area contributed by atoms with Crippen LogP contribution in [-0.4, -0.2) is 60.7 Å². The largest absolute Gasteiger partial charge is 0.366 e. The van der Waals surface area contributed by atoms with Gasteiger partial charge in [0.25, 0.3) is 0 Å². The molecule has 4 N–H and O–H groups in total. The standard InChI is InChI=1S/C18H32N6O5S/c1-11(2)29-15(16-20-7-12(3)8-21-16)13(4)30(25,26)24-17(23-19)22-14-9-27-18(5,6)28-10-14/h7-8,11,13-15H,9-10,19H2,1-6H3,(H2,22,23,24). The lowest BCUT2D eigenvalue weighted by Crippen LogP contribution is -2.50. The summed E-state index contributed by atoms with van der Waals surface area (Å²) in [5.41, 5.74) is 3.14. The van der Waals surface area contributed by atoms with Crippen LogP contribution in [0.5, 0.6) is 0 Å². The highest BCUT2D eigenvalue weighted by Gasteiger charge is 2.35. The molecule has 2 atom stereocenters. The summed E-state index contributed by atoms with van der Waals surface area (Å²) in [6, 6.07) is -0.412. The number of hydrazine groups is 1. The zero-order chi connectivity index (χ0) is 22.5. The van der Waals surface area contributed by atoms with Gasteiger partial charge in [-0.3, -0.25) is 10.1 Å². The highest BCUT2D eigenvalue weighted by Crippen LogP contribution is 2.24. The second-order valence-corrected chi connectivity index (χ2v) is 9.91. The SMILES string of the molecule is Cc1cnc(C(OC(C)C)C(C)S(=O)(=O)N/C(=N\C2COC(C)(C)OC2)NN)nc1. The molecule has 12 heteroatoms. The number of aromatic nitrogens is 2. The minimum Gasteiger partial charge on any atom is -0.366 e. The molecular weight excluding hydrogens is 412 g/mol. The Hall–Kier alpha value is -1.86. The van der Waals surface area contributed by atoms with Gasteiger partial charge < -0.3 is 14.2 Å². The maximum atomic E-state index is 13.0. The fraction of sp³-hybridized carbons (Fsp3) is 0.722. The Balaban J connectivity index is 2.19. The van der Waals surface area contributed by atoms with Crippen LogP contribution < -0.4 is 16.0 Å².